The third kappa shape index (κ3) is 4.32. The van der Waals surface area contributed by atoms with Crippen LogP contribution in [0.5, 0.6) is 5.75 Å². The lowest BCUT2D eigenvalue weighted by Crippen LogP contribution is -1.96. The van der Waals surface area contributed by atoms with Crippen molar-refractivity contribution in [2.45, 2.75) is 26.2 Å². The molecule has 1 aromatic rings. The number of benzene rings is 1. The summed E-state index contributed by atoms with van der Waals surface area (Å²) in [5.74, 6) is 0.918. The average Bonchev–Trinajstić information content (AvgIpc) is 2.13. The fourth-order valence-electron chi connectivity index (χ4n) is 1.05. The van der Waals surface area contributed by atoms with Gasteiger partial charge >= 0.3 is 0 Å². The smallest absolute Gasteiger partial charge is 0.120 e. The molecule has 0 aliphatic rings. The molecule has 0 atom stereocenters. The minimum absolute atomic E-state index is 0.810. The van der Waals surface area contributed by atoms with Crippen LogP contribution in [0.4, 0.5) is 0 Å². The zero-order valence-electron chi connectivity index (χ0n) is 7.85. The van der Waals surface area contributed by atoms with E-state index in [2.05, 4.69) is 28.9 Å². The van der Waals surface area contributed by atoms with Crippen LogP contribution in [0.25, 0.3) is 0 Å². The molecular formula is C11H14BrO. The van der Waals surface area contributed by atoms with Gasteiger partial charge in [0.25, 0.3) is 0 Å². The summed E-state index contributed by atoms with van der Waals surface area (Å²) in [5, 5.41) is 0. The van der Waals surface area contributed by atoms with E-state index in [0.29, 0.717) is 0 Å². The fourth-order valence-corrected chi connectivity index (χ4v) is 1.41. The summed E-state index contributed by atoms with van der Waals surface area (Å²) in [6, 6.07) is 8.73. The molecule has 1 rings (SSSR count). The van der Waals surface area contributed by atoms with Crippen LogP contribution in [0.1, 0.15) is 26.2 Å². The molecule has 1 nitrogen and oxygen atoms in total. The van der Waals surface area contributed by atoms with Crippen molar-refractivity contribution < 1.29 is 4.74 Å². The Morgan fingerprint density at radius 1 is 1.46 bits per heavy atom. The Hall–Kier alpha value is -0.500. The highest BCUT2D eigenvalue weighted by Crippen LogP contribution is 2.17. The van der Waals surface area contributed by atoms with Gasteiger partial charge in [0.2, 0.25) is 0 Å². The van der Waals surface area contributed by atoms with E-state index in [1.807, 2.05) is 18.2 Å². The number of ether oxygens (including phenoxy) is 1. The van der Waals surface area contributed by atoms with Gasteiger partial charge < -0.3 is 4.74 Å². The van der Waals surface area contributed by atoms with Gasteiger partial charge in [-0.2, -0.15) is 0 Å². The second kappa shape index (κ2) is 6.03. The Labute approximate surface area is 88.2 Å². The Kier molecular flexibility index (Phi) is 4.91. The van der Waals surface area contributed by atoms with Crippen LogP contribution in [-0.4, -0.2) is 6.61 Å². The lowest BCUT2D eigenvalue weighted by molar-refractivity contribution is 0.306. The standard InChI is InChI=1S/C11H14BrO/c1-2-3-4-8-13-11-7-5-6-10(12)9-11/h5,7,9H,2-4,8H2,1H3. The highest BCUT2D eigenvalue weighted by Gasteiger charge is 1.93. The van der Waals surface area contributed by atoms with Crippen molar-refractivity contribution in [2.24, 2.45) is 0 Å². The molecule has 0 aliphatic carbocycles. The molecule has 0 amide bonds. The minimum atomic E-state index is 0.810. The first-order chi connectivity index (χ1) is 6.33. The van der Waals surface area contributed by atoms with Gasteiger partial charge in [-0.1, -0.05) is 35.7 Å². The fraction of sp³-hybridized carbons (Fsp3) is 0.455. The Morgan fingerprint density at radius 3 is 3.00 bits per heavy atom. The van der Waals surface area contributed by atoms with E-state index in [0.717, 1.165) is 23.2 Å². The zero-order valence-corrected chi connectivity index (χ0v) is 9.43. The molecule has 0 unspecified atom stereocenters. The molecule has 0 saturated heterocycles. The summed E-state index contributed by atoms with van der Waals surface area (Å²) in [6.07, 6.45) is 3.60. The van der Waals surface area contributed by atoms with Gasteiger partial charge in [-0.05, 0) is 30.7 Å². The van der Waals surface area contributed by atoms with Crippen LogP contribution < -0.4 is 4.74 Å². The molecule has 13 heavy (non-hydrogen) atoms. The molecule has 1 aromatic carbocycles. The van der Waals surface area contributed by atoms with Gasteiger partial charge in [-0.3, -0.25) is 0 Å². The third-order valence-electron chi connectivity index (χ3n) is 1.75. The molecule has 0 aromatic heterocycles. The van der Waals surface area contributed by atoms with Gasteiger partial charge in [-0.25, -0.2) is 0 Å². The summed E-state index contributed by atoms with van der Waals surface area (Å²) >= 11 is 3.35. The number of rotatable bonds is 5. The van der Waals surface area contributed by atoms with Crippen molar-refractivity contribution in [2.75, 3.05) is 6.61 Å². The van der Waals surface area contributed by atoms with Crippen molar-refractivity contribution >= 4 is 15.9 Å². The summed E-state index contributed by atoms with van der Waals surface area (Å²) < 4.78 is 6.48. The van der Waals surface area contributed by atoms with E-state index in [1.54, 1.807) is 0 Å². The van der Waals surface area contributed by atoms with E-state index in [9.17, 15) is 0 Å². The third-order valence-corrected chi connectivity index (χ3v) is 2.21. The first-order valence-electron chi connectivity index (χ1n) is 4.63. The van der Waals surface area contributed by atoms with E-state index in [4.69, 9.17) is 4.74 Å². The van der Waals surface area contributed by atoms with E-state index in [1.165, 1.54) is 12.8 Å². The largest absolute Gasteiger partial charge is 0.494 e. The van der Waals surface area contributed by atoms with Gasteiger partial charge in [0.15, 0.2) is 0 Å². The topological polar surface area (TPSA) is 9.23 Å². The monoisotopic (exact) mass is 241 g/mol. The molecule has 0 fully saturated rings. The quantitative estimate of drug-likeness (QED) is 0.713. The molecule has 0 aliphatic heterocycles. The molecule has 0 saturated carbocycles. The van der Waals surface area contributed by atoms with E-state index >= 15 is 0 Å². The maximum absolute atomic E-state index is 5.54. The highest BCUT2D eigenvalue weighted by atomic mass is 79.9. The van der Waals surface area contributed by atoms with Crippen LogP contribution in [-0.2, 0) is 0 Å². The molecule has 0 spiro atoms. The molecule has 1 radical (unpaired) electrons. The van der Waals surface area contributed by atoms with E-state index < -0.39 is 0 Å². The Balaban J connectivity index is 2.28. The number of unbranched alkanes of at least 4 members (excludes halogenated alkanes) is 2. The zero-order chi connectivity index (χ0) is 9.52. The Bertz CT molecular complexity index is 248. The minimum Gasteiger partial charge on any atom is -0.494 e. The predicted octanol–water partition coefficient (Wildman–Crippen LogP) is 3.82. The summed E-state index contributed by atoms with van der Waals surface area (Å²) in [7, 11) is 0. The first-order valence-corrected chi connectivity index (χ1v) is 5.42. The van der Waals surface area contributed by atoms with Crippen LogP contribution in [0.15, 0.2) is 22.7 Å². The molecular weight excluding hydrogens is 228 g/mol. The maximum Gasteiger partial charge on any atom is 0.120 e. The summed E-state index contributed by atoms with van der Waals surface area (Å²) in [4.78, 5) is 0. The lowest BCUT2D eigenvalue weighted by Gasteiger charge is -2.05. The average molecular weight is 242 g/mol. The normalized spacial score (nSPS) is 10.0. The second-order valence-electron chi connectivity index (χ2n) is 2.93. The first kappa shape index (κ1) is 10.6. The van der Waals surface area contributed by atoms with Crippen LogP contribution >= 0.6 is 15.9 Å². The second-order valence-corrected chi connectivity index (χ2v) is 3.78. The van der Waals surface area contributed by atoms with Gasteiger partial charge in [0.05, 0.1) is 6.61 Å². The lowest BCUT2D eigenvalue weighted by atomic mass is 10.3. The van der Waals surface area contributed by atoms with Crippen molar-refractivity contribution in [1.29, 1.82) is 0 Å². The van der Waals surface area contributed by atoms with Gasteiger partial charge in [0, 0.05) is 4.47 Å². The Morgan fingerprint density at radius 2 is 2.31 bits per heavy atom. The van der Waals surface area contributed by atoms with E-state index in [-0.39, 0.29) is 0 Å². The van der Waals surface area contributed by atoms with Crippen LogP contribution in [0, 0.1) is 6.07 Å². The van der Waals surface area contributed by atoms with Crippen molar-refractivity contribution in [3.05, 3.63) is 28.7 Å². The molecule has 0 bridgehead atoms. The van der Waals surface area contributed by atoms with Crippen molar-refractivity contribution in [1.82, 2.24) is 0 Å². The molecule has 0 heterocycles. The van der Waals surface area contributed by atoms with Crippen molar-refractivity contribution in [3.8, 4) is 5.75 Å². The maximum atomic E-state index is 5.54. The van der Waals surface area contributed by atoms with Crippen molar-refractivity contribution in [3.63, 3.8) is 0 Å². The summed E-state index contributed by atoms with van der Waals surface area (Å²) in [6.45, 7) is 3.00. The number of hydrogen-bond acceptors (Lipinski definition) is 1. The number of halogens is 1. The molecule has 71 valence electrons. The highest BCUT2D eigenvalue weighted by molar-refractivity contribution is 9.10. The molecule has 0 N–H and O–H groups in total. The van der Waals surface area contributed by atoms with Crippen LogP contribution in [0.2, 0.25) is 0 Å². The van der Waals surface area contributed by atoms with Gasteiger partial charge in [0.1, 0.15) is 5.75 Å². The molecule has 2 heteroatoms. The summed E-state index contributed by atoms with van der Waals surface area (Å²) in [5.41, 5.74) is 0. The predicted molar refractivity (Wildman–Crippen MR) is 58.0 cm³/mol. The number of hydrogen-bond donors (Lipinski definition) is 0. The van der Waals surface area contributed by atoms with Gasteiger partial charge in [-0.15, -0.1) is 0 Å². The SMILES string of the molecule is CCCCCOc1cc[c]c(Br)c1. The van der Waals surface area contributed by atoms with Crippen LogP contribution in [0.3, 0.4) is 0 Å².